The Hall–Kier alpha value is -2.90. The van der Waals surface area contributed by atoms with Crippen LogP contribution in [0.25, 0.3) is 0 Å². The summed E-state index contributed by atoms with van der Waals surface area (Å²) in [7, 11) is 0. The molecule has 0 radical (unpaired) electrons. The number of hydrogen-bond acceptors (Lipinski definition) is 5. The summed E-state index contributed by atoms with van der Waals surface area (Å²) in [6.45, 7) is 4.12. The van der Waals surface area contributed by atoms with Crippen molar-refractivity contribution in [2.45, 2.75) is 45.4 Å². The van der Waals surface area contributed by atoms with Crippen molar-refractivity contribution in [1.29, 1.82) is 0 Å². The highest BCUT2D eigenvalue weighted by Gasteiger charge is 2.19. The highest BCUT2D eigenvalue weighted by atomic mass is 16.5. The molecule has 1 N–H and O–H groups in total. The van der Waals surface area contributed by atoms with E-state index in [9.17, 15) is 14.4 Å². The summed E-state index contributed by atoms with van der Waals surface area (Å²) in [6, 6.07) is 7.23. The second-order valence-electron chi connectivity index (χ2n) is 7.76. The Morgan fingerprint density at radius 1 is 1.03 bits per heavy atom. The standard InChI is InChI=1S/C22H30N4O4/c1-17(23-24-20(27)15-26-14-4-2-3-7-21(26)28)18-8-10-19(11-9-18)30-16-22(29)25-12-5-6-13-25/h8-11H,2-7,12-16H2,1H3,(H,24,27)/b23-17-. The fourth-order valence-corrected chi connectivity index (χ4v) is 3.62. The first-order valence-electron chi connectivity index (χ1n) is 10.6. The average molecular weight is 415 g/mol. The highest BCUT2D eigenvalue weighted by molar-refractivity contribution is 5.99. The third-order valence-electron chi connectivity index (χ3n) is 5.45. The van der Waals surface area contributed by atoms with Gasteiger partial charge in [0.05, 0.1) is 5.71 Å². The lowest BCUT2D eigenvalue weighted by Gasteiger charge is -2.19. The summed E-state index contributed by atoms with van der Waals surface area (Å²) in [4.78, 5) is 39.6. The van der Waals surface area contributed by atoms with Crippen LogP contribution in [-0.2, 0) is 14.4 Å². The van der Waals surface area contributed by atoms with Crippen molar-refractivity contribution in [1.82, 2.24) is 15.2 Å². The fourth-order valence-electron chi connectivity index (χ4n) is 3.62. The van der Waals surface area contributed by atoms with Gasteiger partial charge in [-0.1, -0.05) is 6.42 Å². The number of nitrogens with zero attached hydrogens (tertiary/aromatic N) is 3. The van der Waals surface area contributed by atoms with E-state index in [1.54, 1.807) is 24.0 Å². The van der Waals surface area contributed by atoms with Gasteiger partial charge >= 0.3 is 0 Å². The van der Waals surface area contributed by atoms with E-state index in [-0.39, 0.29) is 30.9 Å². The number of rotatable bonds is 7. The molecule has 2 fully saturated rings. The molecule has 0 unspecified atom stereocenters. The topological polar surface area (TPSA) is 91.3 Å². The molecule has 0 saturated carbocycles. The van der Waals surface area contributed by atoms with E-state index in [1.807, 2.05) is 17.0 Å². The summed E-state index contributed by atoms with van der Waals surface area (Å²) >= 11 is 0. The normalized spacial score (nSPS) is 17.6. The maximum atomic E-state index is 12.1. The molecule has 0 spiro atoms. The minimum absolute atomic E-state index is 0.0138. The van der Waals surface area contributed by atoms with E-state index in [1.165, 1.54) is 0 Å². The van der Waals surface area contributed by atoms with Crippen LogP contribution in [0.4, 0.5) is 0 Å². The molecule has 0 aliphatic carbocycles. The average Bonchev–Trinajstić information content (AvgIpc) is 3.22. The van der Waals surface area contributed by atoms with Crippen molar-refractivity contribution in [3.8, 4) is 5.75 Å². The van der Waals surface area contributed by atoms with E-state index in [0.717, 1.165) is 50.8 Å². The summed E-state index contributed by atoms with van der Waals surface area (Å²) in [5.74, 6) is 0.356. The number of likely N-dealkylation sites (tertiary alicyclic amines) is 2. The summed E-state index contributed by atoms with van der Waals surface area (Å²) in [6.07, 6.45) is 5.47. The van der Waals surface area contributed by atoms with Gasteiger partial charge in [-0.15, -0.1) is 0 Å². The molecule has 2 aliphatic heterocycles. The maximum Gasteiger partial charge on any atom is 0.260 e. The smallest absolute Gasteiger partial charge is 0.260 e. The predicted octanol–water partition coefficient (Wildman–Crippen LogP) is 1.93. The van der Waals surface area contributed by atoms with Gasteiger partial charge in [0.2, 0.25) is 5.91 Å². The van der Waals surface area contributed by atoms with Gasteiger partial charge in [-0.3, -0.25) is 14.4 Å². The molecule has 162 valence electrons. The van der Waals surface area contributed by atoms with E-state index in [4.69, 9.17) is 4.74 Å². The molecule has 2 saturated heterocycles. The predicted molar refractivity (Wildman–Crippen MR) is 113 cm³/mol. The number of hydrogen-bond donors (Lipinski definition) is 1. The third kappa shape index (κ3) is 6.30. The first kappa shape index (κ1) is 21.8. The third-order valence-corrected chi connectivity index (χ3v) is 5.45. The van der Waals surface area contributed by atoms with Gasteiger partial charge in [0.25, 0.3) is 11.8 Å². The van der Waals surface area contributed by atoms with Crippen LogP contribution in [0.5, 0.6) is 5.75 Å². The molecule has 0 aromatic heterocycles. The van der Waals surface area contributed by atoms with Gasteiger partial charge in [0.15, 0.2) is 6.61 Å². The van der Waals surface area contributed by atoms with Crippen LogP contribution in [0.2, 0.25) is 0 Å². The number of benzene rings is 1. The van der Waals surface area contributed by atoms with E-state index >= 15 is 0 Å². The Bertz CT molecular complexity index is 785. The van der Waals surface area contributed by atoms with Crippen LogP contribution in [0, 0.1) is 0 Å². The molecule has 3 amide bonds. The van der Waals surface area contributed by atoms with Crippen LogP contribution in [0.3, 0.4) is 0 Å². The van der Waals surface area contributed by atoms with Gasteiger partial charge in [-0.05, 0) is 62.4 Å². The molecule has 0 bridgehead atoms. The molecule has 2 aliphatic rings. The second kappa shape index (κ2) is 10.8. The Morgan fingerprint density at radius 3 is 2.47 bits per heavy atom. The van der Waals surface area contributed by atoms with Crippen LogP contribution in [0.15, 0.2) is 29.4 Å². The molecule has 3 rings (SSSR count). The number of nitrogens with one attached hydrogen (secondary N) is 1. The van der Waals surface area contributed by atoms with Crippen molar-refractivity contribution < 1.29 is 19.1 Å². The zero-order valence-electron chi connectivity index (χ0n) is 17.6. The van der Waals surface area contributed by atoms with Crippen LogP contribution in [-0.4, -0.2) is 66.0 Å². The van der Waals surface area contributed by atoms with Crippen molar-refractivity contribution in [3.05, 3.63) is 29.8 Å². The quantitative estimate of drug-likeness (QED) is 0.545. The minimum atomic E-state index is -0.301. The molecule has 30 heavy (non-hydrogen) atoms. The first-order chi connectivity index (χ1) is 14.5. The number of hydrazone groups is 1. The van der Waals surface area contributed by atoms with Crippen LogP contribution < -0.4 is 10.2 Å². The molecule has 2 heterocycles. The number of ether oxygens (including phenoxy) is 1. The Labute approximate surface area is 177 Å². The largest absolute Gasteiger partial charge is 0.484 e. The van der Waals surface area contributed by atoms with Crippen LogP contribution in [0.1, 0.15) is 51.0 Å². The maximum absolute atomic E-state index is 12.1. The Morgan fingerprint density at radius 2 is 1.73 bits per heavy atom. The Balaban J connectivity index is 1.46. The molecule has 1 aromatic carbocycles. The summed E-state index contributed by atoms with van der Waals surface area (Å²) in [5, 5.41) is 4.14. The SMILES string of the molecule is C/C(=N/NC(=O)CN1CCCCCC1=O)c1ccc(OCC(=O)N2CCCC2)cc1. The molecular weight excluding hydrogens is 384 g/mol. The van der Waals surface area contributed by atoms with Crippen molar-refractivity contribution in [2.24, 2.45) is 5.10 Å². The van der Waals surface area contributed by atoms with Crippen molar-refractivity contribution in [3.63, 3.8) is 0 Å². The molecule has 0 atom stereocenters. The molecular formula is C22H30N4O4. The zero-order valence-corrected chi connectivity index (χ0v) is 17.6. The van der Waals surface area contributed by atoms with Gasteiger partial charge < -0.3 is 14.5 Å². The Kier molecular flexibility index (Phi) is 7.82. The summed E-state index contributed by atoms with van der Waals surface area (Å²) < 4.78 is 5.58. The minimum Gasteiger partial charge on any atom is -0.484 e. The highest BCUT2D eigenvalue weighted by Crippen LogP contribution is 2.14. The molecule has 8 nitrogen and oxygen atoms in total. The van der Waals surface area contributed by atoms with E-state index < -0.39 is 0 Å². The van der Waals surface area contributed by atoms with Crippen molar-refractivity contribution in [2.75, 3.05) is 32.8 Å². The first-order valence-corrected chi connectivity index (χ1v) is 10.6. The lowest BCUT2D eigenvalue weighted by molar-refractivity contribution is -0.135. The fraction of sp³-hybridized carbons (Fsp3) is 0.545. The van der Waals surface area contributed by atoms with Gasteiger partial charge in [0.1, 0.15) is 12.3 Å². The number of carbonyl (C=O) groups excluding carboxylic acids is 3. The van der Waals surface area contributed by atoms with E-state index in [0.29, 0.717) is 24.4 Å². The lowest BCUT2D eigenvalue weighted by Crippen LogP contribution is -2.39. The summed E-state index contributed by atoms with van der Waals surface area (Å²) in [5.41, 5.74) is 4.01. The van der Waals surface area contributed by atoms with Gasteiger partial charge in [0, 0.05) is 26.1 Å². The van der Waals surface area contributed by atoms with Gasteiger partial charge in [-0.2, -0.15) is 5.10 Å². The number of amides is 3. The van der Waals surface area contributed by atoms with Crippen LogP contribution >= 0.6 is 0 Å². The number of carbonyl (C=O) groups is 3. The second-order valence-corrected chi connectivity index (χ2v) is 7.76. The van der Waals surface area contributed by atoms with Crippen molar-refractivity contribution >= 4 is 23.4 Å². The lowest BCUT2D eigenvalue weighted by atomic mass is 10.1. The zero-order chi connectivity index (χ0) is 21.3. The van der Waals surface area contributed by atoms with E-state index in [2.05, 4.69) is 10.5 Å². The molecule has 8 heteroatoms. The monoisotopic (exact) mass is 414 g/mol. The van der Waals surface area contributed by atoms with Gasteiger partial charge in [-0.25, -0.2) is 5.43 Å². The molecule has 1 aromatic rings.